The number of amides is 1. The Morgan fingerprint density at radius 2 is 1.83 bits per heavy atom. The molecule has 3 rings (SSSR count). The molecule has 0 aliphatic carbocycles. The van der Waals surface area contributed by atoms with Gasteiger partial charge in [-0.1, -0.05) is 18.2 Å². The van der Waals surface area contributed by atoms with E-state index in [9.17, 15) is 23.5 Å². The summed E-state index contributed by atoms with van der Waals surface area (Å²) < 4.78 is 33.8. The molecule has 5 nitrogen and oxygen atoms in total. The molecule has 1 atom stereocenters. The Morgan fingerprint density at radius 3 is 2.47 bits per heavy atom. The lowest BCUT2D eigenvalue weighted by molar-refractivity contribution is -0.140. The van der Waals surface area contributed by atoms with E-state index in [0.29, 0.717) is 0 Å². The quantitative estimate of drug-likeness (QED) is 0.438. The fraction of sp³-hybridized carbons (Fsp3) is 0.304. The van der Waals surface area contributed by atoms with Gasteiger partial charge in [0, 0.05) is 17.7 Å². The van der Waals surface area contributed by atoms with Crippen LogP contribution in [0, 0.1) is 18.6 Å². The highest BCUT2D eigenvalue weighted by atomic mass is 19.1. The summed E-state index contributed by atoms with van der Waals surface area (Å²) in [5.41, 5.74) is 0.287. The van der Waals surface area contributed by atoms with Gasteiger partial charge in [0.2, 0.25) is 0 Å². The zero-order chi connectivity index (χ0) is 22.0. The van der Waals surface area contributed by atoms with Crippen LogP contribution >= 0.6 is 0 Å². The Bertz CT molecular complexity index is 1020. The number of hydrogen-bond donors (Lipinski definition) is 1. The number of likely N-dealkylation sites (tertiary alicyclic amines) is 1. The number of nitrogens with zero attached hydrogens (tertiary/aromatic N) is 1. The highest BCUT2D eigenvalue weighted by molar-refractivity contribution is 6.46. The standard InChI is InChI=1S/C23H23F2NO4/c1-13(2)30-11-10-26-20(16-6-4-5-7-18(16)25)19(22(28)23(26)29)21(27)15-8-9-17(24)14(3)12-15/h4-9,12-13,20,27H,10-11H2,1-3H3/b21-19+. The van der Waals surface area contributed by atoms with E-state index in [-0.39, 0.29) is 41.5 Å². The number of aliphatic hydroxyl groups is 1. The number of benzene rings is 2. The third kappa shape index (κ3) is 4.11. The van der Waals surface area contributed by atoms with Gasteiger partial charge < -0.3 is 14.7 Å². The predicted molar refractivity (Wildman–Crippen MR) is 108 cm³/mol. The third-order valence-corrected chi connectivity index (χ3v) is 4.95. The molecule has 0 aromatic heterocycles. The minimum absolute atomic E-state index is 0.0426. The first-order chi connectivity index (χ1) is 14.2. The van der Waals surface area contributed by atoms with Crippen molar-refractivity contribution in [3.05, 3.63) is 76.4 Å². The van der Waals surface area contributed by atoms with Gasteiger partial charge in [-0.05, 0) is 50.6 Å². The molecule has 7 heteroatoms. The van der Waals surface area contributed by atoms with Crippen molar-refractivity contribution >= 4 is 17.4 Å². The summed E-state index contributed by atoms with van der Waals surface area (Å²) in [6.45, 7) is 5.37. The second kappa shape index (κ2) is 8.75. The summed E-state index contributed by atoms with van der Waals surface area (Å²) in [5, 5.41) is 10.9. The maximum absolute atomic E-state index is 14.6. The van der Waals surface area contributed by atoms with Crippen LogP contribution < -0.4 is 0 Å². The highest BCUT2D eigenvalue weighted by Crippen LogP contribution is 2.40. The van der Waals surface area contributed by atoms with Crippen molar-refractivity contribution in [3.8, 4) is 0 Å². The third-order valence-electron chi connectivity index (χ3n) is 4.95. The lowest BCUT2D eigenvalue weighted by Gasteiger charge is -2.26. The molecule has 0 bridgehead atoms. The maximum Gasteiger partial charge on any atom is 0.295 e. The Hall–Kier alpha value is -3.06. The van der Waals surface area contributed by atoms with Gasteiger partial charge in [-0.3, -0.25) is 9.59 Å². The van der Waals surface area contributed by atoms with Gasteiger partial charge in [0.1, 0.15) is 17.4 Å². The van der Waals surface area contributed by atoms with E-state index in [1.165, 1.54) is 42.2 Å². The number of hydrogen-bond acceptors (Lipinski definition) is 4. The number of halogens is 2. The smallest absolute Gasteiger partial charge is 0.295 e. The molecule has 2 aromatic rings. The van der Waals surface area contributed by atoms with Crippen molar-refractivity contribution in [2.24, 2.45) is 0 Å². The minimum atomic E-state index is -1.12. The molecule has 1 aliphatic heterocycles. The van der Waals surface area contributed by atoms with Crippen LogP contribution in [-0.2, 0) is 14.3 Å². The number of Topliss-reactive ketones (excluding diaryl/α,β-unsaturated/α-hetero) is 1. The monoisotopic (exact) mass is 415 g/mol. The molecule has 1 heterocycles. The van der Waals surface area contributed by atoms with Crippen LogP contribution in [-0.4, -0.2) is 41.0 Å². The summed E-state index contributed by atoms with van der Waals surface area (Å²) in [7, 11) is 0. The number of ether oxygens (including phenoxy) is 1. The molecule has 0 spiro atoms. The number of aliphatic hydroxyl groups excluding tert-OH is 1. The molecular weight excluding hydrogens is 392 g/mol. The van der Waals surface area contributed by atoms with Gasteiger partial charge in [0.25, 0.3) is 11.7 Å². The van der Waals surface area contributed by atoms with Crippen molar-refractivity contribution in [2.75, 3.05) is 13.2 Å². The molecule has 0 radical (unpaired) electrons. The molecule has 30 heavy (non-hydrogen) atoms. The van der Waals surface area contributed by atoms with Gasteiger partial charge in [-0.15, -0.1) is 0 Å². The van der Waals surface area contributed by atoms with Crippen LogP contribution in [0.4, 0.5) is 8.78 Å². The van der Waals surface area contributed by atoms with E-state index >= 15 is 0 Å². The first-order valence-corrected chi connectivity index (χ1v) is 9.63. The van der Waals surface area contributed by atoms with Crippen LogP contribution in [0.5, 0.6) is 0 Å². The van der Waals surface area contributed by atoms with Crippen LogP contribution in [0.15, 0.2) is 48.0 Å². The van der Waals surface area contributed by atoms with Gasteiger partial charge in [0.15, 0.2) is 0 Å². The molecule has 1 saturated heterocycles. The van der Waals surface area contributed by atoms with E-state index in [1.807, 2.05) is 13.8 Å². The van der Waals surface area contributed by atoms with Crippen molar-refractivity contribution in [3.63, 3.8) is 0 Å². The van der Waals surface area contributed by atoms with E-state index in [1.54, 1.807) is 6.07 Å². The Balaban J connectivity index is 2.13. The lowest BCUT2D eigenvalue weighted by Crippen LogP contribution is -2.33. The van der Waals surface area contributed by atoms with Gasteiger partial charge in [-0.25, -0.2) is 8.78 Å². The summed E-state index contributed by atoms with van der Waals surface area (Å²) in [6.07, 6.45) is -0.0871. The second-order valence-electron chi connectivity index (χ2n) is 7.40. The van der Waals surface area contributed by atoms with Crippen molar-refractivity contribution < 1.29 is 28.2 Å². The van der Waals surface area contributed by atoms with E-state index < -0.39 is 35.1 Å². The van der Waals surface area contributed by atoms with Crippen molar-refractivity contribution in [1.82, 2.24) is 4.90 Å². The van der Waals surface area contributed by atoms with E-state index in [2.05, 4.69) is 0 Å². The van der Waals surface area contributed by atoms with E-state index in [0.717, 1.165) is 6.07 Å². The molecule has 1 amide bonds. The largest absolute Gasteiger partial charge is 0.507 e. The summed E-state index contributed by atoms with van der Waals surface area (Å²) in [6, 6.07) is 8.50. The van der Waals surface area contributed by atoms with Gasteiger partial charge in [0.05, 0.1) is 24.3 Å². The van der Waals surface area contributed by atoms with Crippen LogP contribution in [0.3, 0.4) is 0 Å². The van der Waals surface area contributed by atoms with Crippen LogP contribution in [0.2, 0.25) is 0 Å². The molecule has 1 N–H and O–H groups in total. The summed E-state index contributed by atoms with van der Waals surface area (Å²) in [5.74, 6) is -3.33. The van der Waals surface area contributed by atoms with E-state index in [4.69, 9.17) is 4.74 Å². The average molecular weight is 415 g/mol. The zero-order valence-electron chi connectivity index (χ0n) is 17.0. The molecule has 1 aliphatic rings. The van der Waals surface area contributed by atoms with Gasteiger partial charge in [-0.2, -0.15) is 0 Å². The van der Waals surface area contributed by atoms with Crippen molar-refractivity contribution in [2.45, 2.75) is 32.9 Å². The molecule has 0 saturated carbocycles. The maximum atomic E-state index is 14.6. The average Bonchev–Trinajstić information content (AvgIpc) is 2.94. The highest BCUT2D eigenvalue weighted by Gasteiger charge is 2.46. The fourth-order valence-corrected chi connectivity index (χ4v) is 3.47. The van der Waals surface area contributed by atoms with Crippen LogP contribution in [0.1, 0.15) is 36.6 Å². The number of carbonyl (C=O) groups is 2. The topological polar surface area (TPSA) is 66.8 Å². The first kappa shape index (κ1) is 21.6. The normalized spacial score (nSPS) is 18.5. The molecular formula is C23H23F2NO4. The predicted octanol–water partition coefficient (Wildman–Crippen LogP) is 4.12. The molecule has 1 unspecified atom stereocenters. The Labute approximate surface area is 173 Å². The fourth-order valence-electron chi connectivity index (χ4n) is 3.47. The second-order valence-corrected chi connectivity index (χ2v) is 7.40. The number of rotatable bonds is 6. The zero-order valence-corrected chi connectivity index (χ0v) is 17.0. The summed E-state index contributed by atoms with van der Waals surface area (Å²) in [4.78, 5) is 26.8. The SMILES string of the molecule is Cc1cc(/C(O)=C2\C(=O)C(=O)N(CCOC(C)C)C2c2ccccc2F)ccc1F. The summed E-state index contributed by atoms with van der Waals surface area (Å²) >= 11 is 0. The number of ketones is 1. The molecule has 2 aromatic carbocycles. The van der Waals surface area contributed by atoms with Crippen molar-refractivity contribution in [1.29, 1.82) is 0 Å². The Kier molecular flexibility index (Phi) is 6.31. The Morgan fingerprint density at radius 1 is 1.13 bits per heavy atom. The minimum Gasteiger partial charge on any atom is -0.507 e. The lowest BCUT2D eigenvalue weighted by atomic mass is 9.94. The first-order valence-electron chi connectivity index (χ1n) is 9.63. The molecule has 1 fully saturated rings. The number of carbonyl (C=O) groups excluding carboxylic acids is 2. The van der Waals surface area contributed by atoms with Crippen LogP contribution in [0.25, 0.3) is 5.76 Å². The van der Waals surface area contributed by atoms with Gasteiger partial charge >= 0.3 is 0 Å². The number of aryl methyl sites for hydroxylation is 1. The molecule has 158 valence electrons.